The van der Waals surface area contributed by atoms with Crippen LogP contribution in [0.15, 0.2) is 70.5 Å². The number of carbonyl (C=O) groups is 2. The third-order valence-corrected chi connectivity index (χ3v) is 6.36. The molecule has 0 spiro atoms. The Morgan fingerprint density at radius 3 is 2.69 bits per heavy atom. The highest BCUT2D eigenvalue weighted by Crippen LogP contribution is 2.29. The second kappa shape index (κ2) is 8.43. The first kappa shape index (κ1) is 20.2. The Kier molecular flexibility index (Phi) is 5.33. The van der Waals surface area contributed by atoms with E-state index < -0.39 is 0 Å². The Morgan fingerprint density at radius 1 is 1.09 bits per heavy atom. The summed E-state index contributed by atoms with van der Waals surface area (Å²) in [6.45, 7) is 2.49. The number of benzene rings is 2. The van der Waals surface area contributed by atoms with Gasteiger partial charge in [0.1, 0.15) is 5.76 Å². The van der Waals surface area contributed by atoms with Crippen LogP contribution < -0.4 is 10.2 Å². The van der Waals surface area contributed by atoms with Crippen LogP contribution in [0.4, 0.5) is 11.4 Å². The van der Waals surface area contributed by atoms with Crippen molar-refractivity contribution in [2.45, 2.75) is 19.8 Å². The molecule has 0 saturated carbocycles. The van der Waals surface area contributed by atoms with Crippen LogP contribution in [0.1, 0.15) is 27.4 Å². The molecule has 0 fully saturated rings. The molecule has 6 nitrogen and oxygen atoms in total. The van der Waals surface area contributed by atoms with Gasteiger partial charge in [0.05, 0.1) is 17.0 Å². The van der Waals surface area contributed by atoms with Gasteiger partial charge >= 0.3 is 0 Å². The molecule has 160 valence electrons. The number of hydrogen-bond donors (Lipinski definition) is 1. The van der Waals surface area contributed by atoms with E-state index in [4.69, 9.17) is 4.42 Å². The number of carbonyl (C=O) groups excluding carboxylic acids is 2. The highest BCUT2D eigenvalue weighted by molar-refractivity contribution is 7.13. The number of fused-ring (bicyclic) bond motifs is 1. The van der Waals surface area contributed by atoms with Gasteiger partial charge in [-0.25, -0.2) is 4.98 Å². The van der Waals surface area contributed by atoms with Gasteiger partial charge in [0, 0.05) is 23.5 Å². The summed E-state index contributed by atoms with van der Waals surface area (Å²) in [4.78, 5) is 32.7. The van der Waals surface area contributed by atoms with Crippen LogP contribution in [0, 0.1) is 6.92 Å². The molecule has 2 aromatic heterocycles. The van der Waals surface area contributed by atoms with Gasteiger partial charge in [-0.2, -0.15) is 0 Å². The summed E-state index contributed by atoms with van der Waals surface area (Å²) < 4.78 is 5.70. The van der Waals surface area contributed by atoms with Gasteiger partial charge in [-0.05, 0) is 60.7 Å². The SMILES string of the molecule is Cc1oc(-c2cccs2)nc1CC(=O)Nc1ccc(C(=O)N2CCc3ccccc32)cc1. The molecule has 0 unspecified atom stereocenters. The maximum atomic E-state index is 12.9. The molecule has 3 heterocycles. The first-order chi connectivity index (χ1) is 15.6. The summed E-state index contributed by atoms with van der Waals surface area (Å²) in [5.41, 5.74) is 4.00. The topological polar surface area (TPSA) is 75.4 Å². The van der Waals surface area contributed by atoms with E-state index >= 15 is 0 Å². The number of aryl methyl sites for hydroxylation is 1. The number of aromatic nitrogens is 1. The predicted molar refractivity (Wildman–Crippen MR) is 125 cm³/mol. The lowest BCUT2D eigenvalue weighted by Gasteiger charge is -2.17. The summed E-state index contributed by atoms with van der Waals surface area (Å²) in [6, 6.07) is 18.8. The van der Waals surface area contributed by atoms with Crippen molar-refractivity contribution in [2.24, 2.45) is 0 Å². The van der Waals surface area contributed by atoms with Crippen LogP contribution >= 0.6 is 11.3 Å². The highest BCUT2D eigenvalue weighted by atomic mass is 32.1. The quantitative estimate of drug-likeness (QED) is 0.466. The Balaban J connectivity index is 1.23. The third-order valence-electron chi connectivity index (χ3n) is 5.50. The lowest BCUT2D eigenvalue weighted by atomic mass is 10.1. The molecule has 2 amide bonds. The molecule has 0 atom stereocenters. The fraction of sp³-hybridized carbons (Fsp3) is 0.160. The summed E-state index contributed by atoms with van der Waals surface area (Å²) in [6.07, 6.45) is 0.984. The molecule has 2 aromatic carbocycles. The van der Waals surface area contributed by atoms with Gasteiger partial charge in [-0.1, -0.05) is 24.3 Å². The van der Waals surface area contributed by atoms with E-state index in [1.54, 1.807) is 40.5 Å². The zero-order chi connectivity index (χ0) is 22.1. The average Bonchev–Trinajstić information content (AvgIpc) is 3.54. The summed E-state index contributed by atoms with van der Waals surface area (Å²) in [5.74, 6) is 0.945. The molecular weight excluding hydrogens is 422 g/mol. The fourth-order valence-corrected chi connectivity index (χ4v) is 4.51. The van der Waals surface area contributed by atoms with Crippen molar-refractivity contribution in [3.05, 3.63) is 88.6 Å². The van der Waals surface area contributed by atoms with Crippen molar-refractivity contribution in [1.82, 2.24) is 4.98 Å². The van der Waals surface area contributed by atoms with Crippen LogP contribution in [-0.4, -0.2) is 23.3 Å². The van der Waals surface area contributed by atoms with Crippen molar-refractivity contribution in [2.75, 3.05) is 16.8 Å². The molecular formula is C25H21N3O3S. The Bertz CT molecular complexity index is 1280. The van der Waals surface area contributed by atoms with Crippen LogP contribution in [-0.2, 0) is 17.6 Å². The smallest absolute Gasteiger partial charge is 0.258 e. The lowest BCUT2D eigenvalue weighted by molar-refractivity contribution is -0.115. The van der Waals surface area contributed by atoms with E-state index in [0.717, 1.165) is 17.0 Å². The molecule has 0 saturated heterocycles. The molecule has 1 aliphatic rings. The minimum atomic E-state index is -0.188. The van der Waals surface area contributed by atoms with Gasteiger partial charge in [0.15, 0.2) is 0 Å². The van der Waals surface area contributed by atoms with Crippen LogP contribution in [0.2, 0.25) is 0 Å². The number of rotatable bonds is 5. The summed E-state index contributed by atoms with van der Waals surface area (Å²) in [7, 11) is 0. The number of nitrogens with one attached hydrogen (secondary N) is 1. The number of amides is 2. The number of nitrogens with zero attached hydrogens (tertiary/aromatic N) is 2. The zero-order valence-electron chi connectivity index (χ0n) is 17.5. The van der Waals surface area contributed by atoms with Crippen molar-refractivity contribution in [1.29, 1.82) is 0 Å². The van der Waals surface area contributed by atoms with Crippen LogP contribution in [0.3, 0.4) is 0 Å². The molecule has 1 N–H and O–H groups in total. The van der Waals surface area contributed by atoms with E-state index in [2.05, 4.69) is 16.4 Å². The molecule has 32 heavy (non-hydrogen) atoms. The molecule has 7 heteroatoms. The van der Waals surface area contributed by atoms with Gasteiger partial charge in [0.25, 0.3) is 5.91 Å². The van der Waals surface area contributed by atoms with Gasteiger partial charge in [-0.15, -0.1) is 11.3 Å². The van der Waals surface area contributed by atoms with E-state index in [1.807, 2.05) is 42.6 Å². The monoisotopic (exact) mass is 443 g/mol. The first-order valence-corrected chi connectivity index (χ1v) is 11.3. The van der Waals surface area contributed by atoms with Crippen LogP contribution in [0.5, 0.6) is 0 Å². The first-order valence-electron chi connectivity index (χ1n) is 10.4. The van der Waals surface area contributed by atoms with E-state index in [0.29, 0.717) is 35.1 Å². The molecule has 4 aromatic rings. The average molecular weight is 444 g/mol. The number of para-hydroxylation sites is 1. The summed E-state index contributed by atoms with van der Waals surface area (Å²) in [5, 5.41) is 4.83. The van der Waals surface area contributed by atoms with E-state index in [-0.39, 0.29) is 18.2 Å². The minimum Gasteiger partial charge on any atom is -0.440 e. The third kappa shape index (κ3) is 3.94. The molecule has 1 aliphatic heterocycles. The van der Waals surface area contributed by atoms with E-state index in [1.165, 1.54) is 5.56 Å². The Morgan fingerprint density at radius 2 is 1.91 bits per heavy atom. The van der Waals surface area contributed by atoms with Crippen molar-refractivity contribution >= 4 is 34.5 Å². The zero-order valence-corrected chi connectivity index (χ0v) is 18.3. The maximum Gasteiger partial charge on any atom is 0.258 e. The van der Waals surface area contributed by atoms with E-state index in [9.17, 15) is 9.59 Å². The second-order valence-corrected chi connectivity index (χ2v) is 8.58. The minimum absolute atomic E-state index is 0.0350. The number of hydrogen-bond acceptors (Lipinski definition) is 5. The van der Waals surface area contributed by atoms with Crippen molar-refractivity contribution in [3.8, 4) is 10.8 Å². The normalized spacial score (nSPS) is 12.6. The number of oxazole rings is 1. The van der Waals surface area contributed by atoms with Gasteiger partial charge in [0.2, 0.25) is 11.8 Å². The molecule has 0 bridgehead atoms. The van der Waals surface area contributed by atoms with Gasteiger partial charge in [-0.3, -0.25) is 9.59 Å². The second-order valence-electron chi connectivity index (χ2n) is 7.64. The van der Waals surface area contributed by atoms with Crippen molar-refractivity contribution in [3.63, 3.8) is 0 Å². The van der Waals surface area contributed by atoms with Crippen molar-refractivity contribution < 1.29 is 14.0 Å². The molecule has 0 aliphatic carbocycles. The standard InChI is InChI=1S/C25H21N3O3S/c1-16-20(27-24(31-16)22-7-4-14-32-22)15-23(29)26-19-10-8-18(9-11-19)25(30)28-13-12-17-5-2-3-6-21(17)28/h2-11,14H,12-13,15H2,1H3,(H,26,29). The molecule has 5 rings (SSSR count). The number of thiophene rings is 1. The molecule has 0 radical (unpaired) electrons. The highest BCUT2D eigenvalue weighted by Gasteiger charge is 2.25. The number of anilines is 2. The van der Waals surface area contributed by atoms with Crippen LogP contribution in [0.25, 0.3) is 10.8 Å². The predicted octanol–water partition coefficient (Wildman–Crippen LogP) is 5.10. The van der Waals surface area contributed by atoms with Gasteiger partial charge < -0.3 is 14.6 Å². The maximum absolute atomic E-state index is 12.9. The lowest BCUT2D eigenvalue weighted by Crippen LogP contribution is -2.28. The Hall–Kier alpha value is -3.71. The summed E-state index contributed by atoms with van der Waals surface area (Å²) >= 11 is 1.54. The fourth-order valence-electron chi connectivity index (χ4n) is 3.86. The largest absolute Gasteiger partial charge is 0.440 e. The Labute approximate surface area is 189 Å².